The van der Waals surface area contributed by atoms with E-state index in [2.05, 4.69) is 25.7 Å². The normalized spacial score (nSPS) is 10.4. The lowest BCUT2D eigenvalue weighted by Crippen LogP contribution is -1.83. The molecule has 0 radical (unpaired) electrons. The van der Waals surface area contributed by atoms with Gasteiger partial charge in [0.1, 0.15) is 0 Å². The van der Waals surface area contributed by atoms with E-state index in [1.54, 1.807) is 7.11 Å². The summed E-state index contributed by atoms with van der Waals surface area (Å²) in [7, 11) is 1.67. The van der Waals surface area contributed by atoms with Crippen LogP contribution in [0.25, 0.3) is 0 Å². The maximum absolute atomic E-state index is 4.94. The molecule has 0 heterocycles. The molecule has 64 valence electrons. The highest BCUT2D eigenvalue weighted by atomic mass is 16.5. The molecule has 0 aliphatic carbocycles. The highest BCUT2D eigenvalue weighted by Gasteiger charge is 1.89. The first kappa shape index (κ1) is 10.3. The molecule has 0 bridgehead atoms. The van der Waals surface area contributed by atoms with Crippen molar-refractivity contribution in [1.82, 2.24) is 0 Å². The molecule has 0 aliphatic rings. The van der Waals surface area contributed by atoms with Crippen molar-refractivity contribution in [2.24, 2.45) is 0 Å². The largest absolute Gasteiger partial charge is 0.502 e. The van der Waals surface area contributed by atoms with E-state index in [0.29, 0.717) is 0 Å². The summed E-state index contributed by atoms with van der Waals surface area (Å²) in [5.74, 6) is 0.884. The van der Waals surface area contributed by atoms with E-state index < -0.39 is 0 Å². The minimum atomic E-state index is 0.884. The van der Waals surface area contributed by atoms with E-state index in [-0.39, 0.29) is 0 Å². The highest BCUT2D eigenvalue weighted by Crippen LogP contribution is 2.05. The molecule has 0 saturated carbocycles. The summed E-state index contributed by atoms with van der Waals surface area (Å²) in [5, 5.41) is 0. The fourth-order valence-electron chi connectivity index (χ4n) is 0.804. The zero-order chi connectivity index (χ0) is 8.53. The molecule has 0 unspecified atom stereocenters. The molecule has 1 nitrogen and oxygen atoms in total. The van der Waals surface area contributed by atoms with Crippen LogP contribution in [0, 0.1) is 0 Å². The Hall–Kier alpha value is -0.720. The monoisotopic (exact) mass is 154 g/mol. The highest BCUT2D eigenvalue weighted by molar-refractivity contribution is 4.85. The van der Waals surface area contributed by atoms with Crippen LogP contribution in [-0.2, 0) is 4.74 Å². The van der Waals surface area contributed by atoms with E-state index in [1.807, 2.05) is 0 Å². The maximum Gasteiger partial charge on any atom is 0.0884 e. The van der Waals surface area contributed by atoms with Crippen molar-refractivity contribution < 1.29 is 4.74 Å². The summed E-state index contributed by atoms with van der Waals surface area (Å²) in [6.45, 7) is 5.89. The molecule has 0 N–H and O–H groups in total. The third-order valence-electron chi connectivity index (χ3n) is 1.52. The smallest absolute Gasteiger partial charge is 0.0884 e. The van der Waals surface area contributed by atoms with Crippen LogP contribution in [0.4, 0.5) is 0 Å². The molecule has 0 aromatic heterocycles. The minimum absolute atomic E-state index is 0.884. The van der Waals surface area contributed by atoms with E-state index in [9.17, 15) is 0 Å². The molecular weight excluding hydrogens is 136 g/mol. The van der Waals surface area contributed by atoms with Crippen LogP contribution in [0.2, 0.25) is 0 Å². The van der Waals surface area contributed by atoms with Gasteiger partial charge in [0.25, 0.3) is 0 Å². The van der Waals surface area contributed by atoms with E-state index in [1.165, 1.54) is 0 Å². The Morgan fingerprint density at radius 1 is 1.45 bits per heavy atom. The van der Waals surface area contributed by atoms with E-state index in [4.69, 9.17) is 4.74 Å². The third-order valence-corrected chi connectivity index (χ3v) is 1.52. The van der Waals surface area contributed by atoms with Gasteiger partial charge >= 0.3 is 0 Å². The van der Waals surface area contributed by atoms with Gasteiger partial charge in [-0.1, -0.05) is 25.7 Å². The first-order valence-electron chi connectivity index (χ1n) is 4.18. The van der Waals surface area contributed by atoms with Crippen molar-refractivity contribution in [2.45, 2.75) is 32.6 Å². The number of unbranched alkanes of at least 4 members (excludes halogenated alkanes) is 1. The predicted octanol–water partition coefficient (Wildman–Crippen LogP) is 3.28. The SMILES string of the molecule is C=C(CCC/C=C\CC)OC. The van der Waals surface area contributed by atoms with Gasteiger partial charge in [-0.15, -0.1) is 0 Å². The Balaban J connectivity index is 3.14. The number of ether oxygens (including phenoxy) is 1. The van der Waals surface area contributed by atoms with Crippen LogP contribution in [-0.4, -0.2) is 7.11 Å². The number of methoxy groups -OCH3 is 1. The lowest BCUT2D eigenvalue weighted by atomic mass is 10.2. The molecule has 0 amide bonds. The van der Waals surface area contributed by atoms with Gasteiger partial charge in [0.05, 0.1) is 12.9 Å². The first-order valence-corrected chi connectivity index (χ1v) is 4.18. The Kier molecular flexibility index (Phi) is 6.90. The molecule has 0 spiro atoms. The second-order valence-electron chi connectivity index (χ2n) is 2.51. The molecule has 11 heavy (non-hydrogen) atoms. The topological polar surface area (TPSA) is 9.23 Å². The van der Waals surface area contributed by atoms with Crippen molar-refractivity contribution in [3.63, 3.8) is 0 Å². The van der Waals surface area contributed by atoms with Crippen molar-refractivity contribution in [3.8, 4) is 0 Å². The van der Waals surface area contributed by atoms with Crippen LogP contribution in [0.3, 0.4) is 0 Å². The Morgan fingerprint density at radius 3 is 2.73 bits per heavy atom. The average molecular weight is 154 g/mol. The average Bonchev–Trinajstić information content (AvgIpc) is 2.04. The Labute approximate surface area is 69.8 Å². The van der Waals surface area contributed by atoms with Gasteiger partial charge in [-0.3, -0.25) is 0 Å². The van der Waals surface area contributed by atoms with Gasteiger partial charge in [-0.05, 0) is 19.3 Å². The zero-order valence-electron chi connectivity index (χ0n) is 7.60. The Bertz CT molecular complexity index is 125. The molecule has 0 atom stereocenters. The maximum atomic E-state index is 4.94. The zero-order valence-corrected chi connectivity index (χ0v) is 7.60. The number of rotatable bonds is 6. The molecule has 1 heteroatoms. The van der Waals surface area contributed by atoms with E-state index >= 15 is 0 Å². The van der Waals surface area contributed by atoms with Crippen LogP contribution in [0.5, 0.6) is 0 Å². The minimum Gasteiger partial charge on any atom is -0.502 e. The second-order valence-corrected chi connectivity index (χ2v) is 2.51. The lowest BCUT2D eigenvalue weighted by molar-refractivity contribution is 0.277. The van der Waals surface area contributed by atoms with Gasteiger partial charge in [0.15, 0.2) is 0 Å². The van der Waals surface area contributed by atoms with Crippen molar-refractivity contribution >= 4 is 0 Å². The van der Waals surface area contributed by atoms with Gasteiger partial charge < -0.3 is 4.74 Å². The van der Waals surface area contributed by atoms with Crippen molar-refractivity contribution in [3.05, 3.63) is 24.5 Å². The standard InChI is InChI=1S/C10H18O/c1-4-5-6-7-8-9-10(2)11-3/h5-6H,2,4,7-9H2,1,3H3/b6-5-. The summed E-state index contributed by atoms with van der Waals surface area (Å²) < 4.78 is 4.94. The molecule has 0 saturated heterocycles. The van der Waals surface area contributed by atoms with E-state index in [0.717, 1.165) is 31.4 Å². The van der Waals surface area contributed by atoms with Gasteiger partial charge in [0.2, 0.25) is 0 Å². The lowest BCUT2D eigenvalue weighted by Gasteiger charge is -2.00. The molecular formula is C10H18O. The molecule has 0 fully saturated rings. The fraction of sp³-hybridized carbons (Fsp3) is 0.600. The van der Waals surface area contributed by atoms with Gasteiger partial charge in [-0.2, -0.15) is 0 Å². The van der Waals surface area contributed by atoms with Crippen LogP contribution >= 0.6 is 0 Å². The second kappa shape index (κ2) is 7.39. The summed E-state index contributed by atoms with van der Waals surface area (Å²) in [6, 6.07) is 0. The quantitative estimate of drug-likeness (QED) is 0.324. The van der Waals surface area contributed by atoms with Crippen molar-refractivity contribution in [1.29, 1.82) is 0 Å². The number of allylic oxidation sites excluding steroid dienone is 3. The van der Waals surface area contributed by atoms with Crippen molar-refractivity contribution in [2.75, 3.05) is 7.11 Å². The molecule has 0 aliphatic heterocycles. The van der Waals surface area contributed by atoms with Gasteiger partial charge in [-0.25, -0.2) is 0 Å². The number of hydrogen-bond acceptors (Lipinski definition) is 1. The third kappa shape index (κ3) is 7.17. The summed E-state index contributed by atoms with van der Waals surface area (Å²) in [4.78, 5) is 0. The summed E-state index contributed by atoms with van der Waals surface area (Å²) in [5.41, 5.74) is 0. The van der Waals surface area contributed by atoms with Crippen LogP contribution < -0.4 is 0 Å². The first-order chi connectivity index (χ1) is 5.31. The molecule has 0 aromatic rings. The van der Waals surface area contributed by atoms with Crippen LogP contribution in [0.15, 0.2) is 24.5 Å². The van der Waals surface area contributed by atoms with Gasteiger partial charge in [0, 0.05) is 6.42 Å². The fourth-order valence-corrected chi connectivity index (χ4v) is 0.804. The Morgan fingerprint density at radius 2 is 2.18 bits per heavy atom. The summed E-state index contributed by atoms with van der Waals surface area (Å²) >= 11 is 0. The number of hydrogen-bond donors (Lipinski definition) is 0. The molecule has 0 rings (SSSR count). The van der Waals surface area contributed by atoms with Crippen LogP contribution in [0.1, 0.15) is 32.6 Å². The molecule has 0 aromatic carbocycles. The summed E-state index contributed by atoms with van der Waals surface area (Å²) in [6.07, 6.45) is 8.79. The predicted molar refractivity (Wildman–Crippen MR) is 49.4 cm³/mol.